The monoisotopic (exact) mass is 374 g/mol. The molecule has 8 heteroatoms. The van der Waals surface area contributed by atoms with Gasteiger partial charge in [-0.3, -0.25) is 4.79 Å². The minimum absolute atomic E-state index is 0.0456. The van der Waals surface area contributed by atoms with Crippen LogP contribution in [-0.2, 0) is 4.79 Å². The molecule has 0 aliphatic heterocycles. The van der Waals surface area contributed by atoms with Gasteiger partial charge in [0.15, 0.2) is 0 Å². The van der Waals surface area contributed by atoms with Crippen LogP contribution in [0.3, 0.4) is 0 Å². The molecule has 2 aromatic carbocycles. The van der Waals surface area contributed by atoms with Crippen LogP contribution in [0.25, 0.3) is 5.69 Å². The Kier molecular flexibility index (Phi) is 5.62. The van der Waals surface area contributed by atoms with Crippen molar-refractivity contribution in [1.29, 1.82) is 0 Å². The molecule has 1 N–H and O–H groups in total. The number of hydrogen-bond donors (Lipinski definition) is 1. The molecule has 0 bridgehead atoms. The number of aromatic nitrogens is 3. The summed E-state index contributed by atoms with van der Waals surface area (Å²) in [6, 6.07) is 10.7. The molecule has 0 saturated heterocycles. The van der Waals surface area contributed by atoms with Crippen LogP contribution in [-0.4, -0.2) is 26.4 Å². The standard InChI is InChI=1S/C18H16F2N4OS/c1-12(13-2-5-15(6-3-13)24-11-21-10-22-24)23-18(25)9-26-17-7-4-14(19)8-16(17)20/h2-8,10-12H,9H2,1H3,(H,23,25). The summed E-state index contributed by atoms with van der Waals surface area (Å²) in [5.41, 5.74) is 1.80. The maximum atomic E-state index is 13.6. The number of thioether (sulfide) groups is 1. The topological polar surface area (TPSA) is 59.8 Å². The van der Waals surface area contributed by atoms with Crippen molar-refractivity contribution >= 4 is 17.7 Å². The smallest absolute Gasteiger partial charge is 0.230 e. The number of carbonyl (C=O) groups excluding carboxylic acids is 1. The highest BCUT2D eigenvalue weighted by molar-refractivity contribution is 8.00. The summed E-state index contributed by atoms with van der Waals surface area (Å²) in [6.45, 7) is 1.87. The molecule has 0 saturated carbocycles. The lowest BCUT2D eigenvalue weighted by Gasteiger charge is -2.15. The summed E-state index contributed by atoms with van der Waals surface area (Å²) in [4.78, 5) is 16.2. The van der Waals surface area contributed by atoms with E-state index in [1.165, 1.54) is 18.5 Å². The van der Waals surface area contributed by atoms with Gasteiger partial charge in [0, 0.05) is 11.0 Å². The molecule has 1 heterocycles. The number of nitrogens with one attached hydrogen (secondary N) is 1. The third-order valence-corrected chi connectivity index (χ3v) is 4.76. The van der Waals surface area contributed by atoms with Crippen molar-refractivity contribution < 1.29 is 13.6 Å². The first-order chi connectivity index (χ1) is 12.5. The van der Waals surface area contributed by atoms with Gasteiger partial charge in [-0.25, -0.2) is 18.4 Å². The molecule has 134 valence electrons. The first-order valence-electron chi connectivity index (χ1n) is 7.85. The molecule has 0 aliphatic rings. The molecule has 5 nitrogen and oxygen atoms in total. The number of nitrogens with zero attached hydrogens (tertiary/aromatic N) is 3. The zero-order valence-corrected chi connectivity index (χ0v) is 14.7. The maximum Gasteiger partial charge on any atom is 0.230 e. The average molecular weight is 374 g/mol. The molecule has 26 heavy (non-hydrogen) atoms. The van der Waals surface area contributed by atoms with Gasteiger partial charge in [0.2, 0.25) is 5.91 Å². The Morgan fingerprint density at radius 3 is 2.65 bits per heavy atom. The van der Waals surface area contributed by atoms with E-state index in [9.17, 15) is 13.6 Å². The molecular weight excluding hydrogens is 358 g/mol. The average Bonchev–Trinajstić information content (AvgIpc) is 3.16. The highest BCUT2D eigenvalue weighted by atomic mass is 32.2. The van der Waals surface area contributed by atoms with Crippen LogP contribution in [0.5, 0.6) is 0 Å². The van der Waals surface area contributed by atoms with Gasteiger partial charge in [-0.15, -0.1) is 11.8 Å². The van der Waals surface area contributed by atoms with Crippen LogP contribution in [0.15, 0.2) is 60.0 Å². The van der Waals surface area contributed by atoms with E-state index in [4.69, 9.17) is 0 Å². The molecule has 0 aliphatic carbocycles. The van der Waals surface area contributed by atoms with E-state index in [-0.39, 0.29) is 22.6 Å². The Bertz CT molecular complexity index is 885. The van der Waals surface area contributed by atoms with Gasteiger partial charge in [0.1, 0.15) is 24.3 Å². The fraction of sp³-hybridized carbons (Fsp3) is 0.167. The largest absolute Gasteiger partial charge is 0.349 e. The lowest BCUT2D eigenvalue weighted by Crippen LogP contribution is -2.28. The van der Waals surface area contributed by atoms with E-state index in [0.717, 1.165) is 29.1 Å². The number of amides is 1. The third kappa shape index (κ3) is 4.45. The SMILES string of the molecule is CC(NC(=O)CSc1ccc(F)cc1F)c1ccc(-n2cncn2)cc1. The number of halogens is 2. The van der Waals surface area contributed by atoms with Gasteiger partial charge < -0.3 is 5.32 Å². The number of benzene rings is 2. The number of rotatable bonds is 6. The van der Waals surface area contributed by atoms with Gasteiger partial charge in [0.25, 0.3) is 0 Å². The fourth-order valence-corrected chi connectivity index (χ4v) is 3.09. The van der Waals surface area contributed by atoms with Gasteiger partial charge >= 0.3 is 0 Å². The van der Waals surface area contributed by atoms with E-state index in [0.29, 0.717) is 0 Å². The van der Waals surface area contributed by atoms with Crippen LogP contribution in [0.1, 0.15) is 18.5 Å². The quantitative estimate of drug-likeness (QED) is 0.671. The number of hydrogen-bond acceptors (Lipinski definition) is 4. The summed E-state index contributed by atoms with van der Waals surface area (Å²) in [5, 5.41) is 6.91. The highest BCUT2D eigenvalue weighted by Gasteiger charge is 2.12. The molecule has 0 fully saturated rings. The van der Waals surface area contributed by atoms with Crippen molar-refractivity contribution in [3.63, 3.8) is 0 Å². The van der Waals surface area contributed by atoms with Crippen molar-refractivity contribution in [3.05, 3.63) is 72.3 Å². The Morgan fingerprint density at radius 1 is 1.23 bits per heavy atom. The fourth-order valence-electron chi connectivity index (χ4n) is 2.36. The zero-order valence-electron chi connectivity index (χ0n) is 13.9. The lowest BCUT2D eigenvalue weighted by atomic mass is 10.1. The van der Waals surface area contributed by atoms with Crippen LogP contribution in [0.4, 0.5) is 8.78 Å². The first kappa shape index (κ1) is 18.1. The molecular formula is C18H16F2N4OS. The minimum atomic E-state index is -0.667. The maximum absolute atomic E-state index is 13.6. The second-order valence-electron chi connectivity index (χ2n) is 5.58. The van der Waals surface area contributed by atoms with Crippen LogP contribution in [0, 0.1) is 11.6 Å². The van der Waals surface area contributed by atoms with Crippen LogP contribution >= 0.6 is 11.8 Å². The second-order valence-corrected chi connectivity index (χ2v) is 6.60. The van der Waals surface area contributed by atoms with E-state index in [2.05, 4.69) is 15.4 Å². The Hall–Kier alpha value is -2.74. The lowest BCUT2D eigenvalue weighted by molar-refractivity contribution is -0.119. The van der Waals surface area contributed by atoms with Crippen molar-refractivity contribution in [3.8, 4) is 5.69 Å². The predicted octanol–water partition coefficient (Wildman–Crippen LogP) is 3.52. The van der Waals surface area contributed by atoms with Gasteiger partial charge in [-0.1, -0.05) is 12.1 Å². The molecule has 1 unspecified atom stereocenters. The normalized spacial score (nSPS) is 12.0. The highest BCUT2D eigenvalue weighted by Crippen LogP contribution is 2.22. The molecule has 0 spiro atoms. The van der Waals surface area contributed by atoms with Crippen molar-refractivity contribution in [1.82, 2.24) is 20.1 Å². The van der Waals surface area contributed by atoms with E-state index in [1.54, 1.807) is 11.0 Å². The van der Waals surface area contributed by atoms with E-state index >= 15 is 0 Å². The molecule has 1 amide bonds. The van der Waals surface area contributed by atoms with E-state index < -0.39 is 11.6 Å². The van der Waals surface area contributed by atoms with Gasteiger partial charge in [-0.05, 0) is 36.8 Å². The summed E-state index contributed by atoms with van der Waals surface area (Å²) in [7, 11) is 0. The zero-order chi connectivity index (χ0) is 18.5. The van der Waals surface area contributed by atoms with Crippen molar-refractivity contribution in [2.45, 2.75) is 17.9 Å². The molecule has 1 atom stereocenters. The molecule has 3 aromatic rings. The molecule has 3 rings (SSSR count). The van der Waals surface area contributed by atoms with Crippen LogP contribution < -0.4 is 5.32 Å². The van der Waals surface area contributed by atoms with Gasteiger partial charge in [0.05, 0.1) is 17.5 Å². The summed E-state index contributed by atoms with van der Waals surface area (Å²) < 4.78 is 28.1. The minimum Gasteiger partial charge on any atom is -0.349 e. The molecule has 1 aromatic heterocycles. The summed E-state index contributed by atoms with van der Waals surface area (Å²) >= 11 is 1.03. The Labute approximate surface area is 153 Å². The predicted molar refractivity (Wildman–Crippen MR) is 95.0 cm³/mol. The molecule has 0 radical (unpaired) electrons. The second kappa shape index (κ2) is 8.09. The third-order valence-electron chi connectivity index (χ3n) is 3.71. The number of carbonyl (C=O) groups is 1. The van der Waals surface area contributed by atoms with Gasteiger partial charge in [-0.2, -0.15) is 5.10 Å². The Balaban J connectivity index is 1.55. The van der Waals surface area contributed by atoms with Crippen molar-refractivity contribution in [2.75, 3.05) is 5.75 Å². The summed E-state index contributed by atoms with van der Waals surface area (Å²) in [5.74, 6) is -1.49. The summed E-state index contributed by atoms with van der Waals surface area (Å²) in [6.07, 6.45) is 3.06. The first-order valence-corrected chi connectivity index (χ1v) is 8.83. The van der Waals surface area contributed by atoms with Crippen LogP contribution in [0.2, 0.25) is 0 Å². The van der Waals surface area contributed by atoms with Crippen molar-refractivity contribution in [2.24, 2.45) is 0 Å². The van der Waals surface area contributed by atoms with E-state index in [1.807, 2.05) is 31.2 Å². The Morgan fingerprint density at radius 2 is 2.00 bits per heavy atom.